The van der Waals surface area contributed by atoms with Crippen molar-refractivity contribution in [2.75, 3.05) is 5.75 Å². The SMILES string of the molecule is CCCCCS(=O)(=O)N[C@@H](C)C(=O)O. The maximum Gasteiger partial charge on any atom is 0.321 e. The summed E-state index contributed by atoms with van der Waals surface area (Å²) >= 11 is 0. The number of rotatable bonds is 7. The van der Waals surface area contributed by atoms with Gasteiger partial charge in [-0.05, 0) is 13.3 Å². The van der Waals surface area contributed by atoms with Crippen LogP contribution < -0.4 is 4.72 Å². The van der Waals surface area contributed by atoms with Gasteiger partial charge in [-0.25, -0.2) is 13.1 Å². The lowest BCUT2D eigenvalue weighted by atomic mass is 10.3. The molecule has 14 heavy (non-hydrogen) atoms. The Balaban J connectivity index is 4.01. The van der Waals surface area contributed by atoms with E-state index in [1.165, 1.54) is 6.92 Å². The Labute approximate surface area is 84.6 Å². The molecule has 0 radical (unpaired) electrons. The van der Waals surface area contributed by atoms with Gasteiger partial charge in [-0.15, -0.1) is 0 Å². The molecular weight excluding hydrogens is 206 g/mol. The van der Waals surface area contributed by atoms with Gasteiger partial charge < -0.3 is 5.11 Å². The Kier molecular flexibility index (Phi) is 5.71. The lowest BCUT2D eigenvalue weighted by molar-refractivity contribution is -0.138. The van der Waals surface area contributed by atoms with Crippen molar-refractivity contribution in [2.24, 2.45) is 0 Å². The first-order valence-electron chi connectivity index (χ1n) is 4.62. The van der Waals surface area contributed by atoms with Crippen molar-refractivity contribution in [3.63, 3.8) is 0 Å². The minimum Gasteiger partial charge on any atom is -0.480 e. The summed E-state index contributed by atoms with van der Waals surface area (Å²) in [6.45, 7) is 3.28. The third kappa shape index (κ3) is 5.93. The van der Waals surface area contributed by atoms with E-state index in [1.54, 1.807) is 0 Å². The second-order valence-corrected chi connectivity index (χ2v) is 5.08. The summed E-state index contributed by atoms with van der Waals surface area (Å²) < 4.78 is 24.6. The molecule has 0 aliphatic rings. The minimum absolute atomic E-state index is 0.00153. The van der Waals surface area contributed by atoms with Gasteiger partial charge >= 0.3 is 5.97 Å². The van der Waals surface area contributed by atoms with Crippen molar-refractivity contribution in [1.82, 2.24) is 4.72 Å². The number of hydrogen-bond donors (Lipinski definition) is 2. The third-order valence-corrected chi connectivity index (χ3v) is 3.28. The van der Waals surface area contributed by atoms with Gasteiger partial charge in [0.15, 0.2) is 0 Å². The summed E-state index contributed by atoms with van der Waals surface area (Å²) in [4.78, 5) is 10.4. The van der Waals surface area contributed by atoms with Crippen molar-refractivity contribution in [2.45, 2.75) is 39.2 Å². The molecule has 0 amide bonds. The molecule has 0 heterocycles. The van der Waals surface area contributed by atoms with Crippen LogP contribution in [0.25, 0.3) is 0 Å². The third-order valence-electron chi connectivity index (χ3n) is 1.74. The fourth-order valence-electron chi connectivity index (χ4n) is 0.921. The number of aliphatic carboxylic acids is 1. The highest BCUT2D eigenvalue weighted by molar-refractivity contribution is 7.89. The zero-order chi connectivity index (χ0) is 11.2. The minimum atomic E-state index is -3.43. The van der Waals surface area contributed by atoms with Gasteiger partial charge in [-0.1, -0.05) is 19.8 Å². The van der Waals surface area contributed by atoms with E-state index in [1.807, 2.05) is 6.92 Å². The van der Waals surface area contributed by atoms with Gasteiger partial charge in [0.2, 0.25) is 10.0 Å². The lowest BCUT2D eigenvalue weighted by Crippen LogP contribution is -2.39. The Morgan fingerprint density at radius 2 is 2.00 bits per heavy atom. The summed E-state index contributed by atoms with van der Waals surface area (Å²) in [6.07, 6.45) is 2.34. The van der Waals surface area contributed by atoms with Crippen LogP contribution in [0.2, 0.25) is 0 Å². The molecule has 6 heteroatoms. The van der Waals surface area contributed by atoms with Crippen molar-refractivity contribution in [3.05, 3.63) is 0 Å². The Morgan fingerprint density at radius 1 is 1.43 bits per heavy atom. The van der Waals surface area contributed by atoms with Crippen molar-refractivity contribution in [1.29, 1.82) is 0 Å². The second-order valence-electron chi connectivity index (χ2n) is 3.20. The van der Waals surface area contributed by atoms with Gasteiger partial charge in [0.1, 0.15) is 6.04 Å². The zero-order valence-electron chi connectivity index (χ0n) is 8.49. The first-order valence-corrected chi connectivity index (χ1v) is 6.27. The van der Waals surface area contributed by atoms with Crippen LogP contribution in [-0.2, 0) is 14.8 Å². The molecule has 0 aliphatic heterocycles. The predicted octanol–water partition coefficient (Wildman–Crippen LogP) is 0.569. The highest BCUT2D eigenvalue weighted by atomic mass is 32.2. The molecule has 0 aliphatic carbocycles. The number of carbonyl (C=O) groups is 1. The molecule has 2 N–H and O–H groups in total. The van der Waals surface area contributed by atoms with E-state index in [4.69, 9.17) is 5.11 Å². The van der Waals surface area contributed by atoms with E-state index in [9.17, 15) is 13.2 Å². The van der Waals surface area contributed by atoms with Crippen molar-refractivity contribution >= 4 is 16.0 Å². The number of carboxylic acid groups (broad SMARTS) is 1. The van der Waals surface area contributed by atoms with E-state index in [0.717, 1.165) is 12.8 Å². The van der Waals surface area contributed by atoms with Gasteiger partial charge in [0.25, 0.3) is 0 Å². The molecule has 0 spiro atoms. The zero-order valence-corrected chi connectivity index (χ0v) is 9.30. The molecule has 0 aromatic rings. The summed E-state index contributed by atoms with van der Waals surface area (Å²) in [5.41, 5.74) is 0. The maximum absolute atomic E-state index is 11.2. The summed E-state index contributed by atoms with van der Waals surface area (Å²) in [7, 11) is -3.43. The smallest absolute Gasteiger partial charge is 0.321 e. The first-order chi connectivity index (χ1) is 6.39. The summed E-state index contributed by atoms with van der Waals surface area (Å²) in [5, 5.41) is 8.49. The largest absolute Gasteiger partial charge is 0.480 e. The average Bonchev–Trinajstić information content (AvgIpc) is 2.03. The van der Waals surface area contributed by atoms with Gasteiger partial charge in [0.05, 0.1) is 5.75 Å². The van der Waals surface area contributed by atoms with Crippen LogP contribution in [0.4, 0.5) is 0 Å². The van der Waals surface area contributed by atoms with Gasteiger partial charge in [-0.3, -0.25) is 4.79 Å². The summed E-state index contributed by atoms with van der Waals surface area (Å²) in [6, 6.07) is -1.05. The topological polar surface area (TPSA) is 83.5 Å². The second kappa shape index (κ2) is 5.98. The van der Waals surface area contributed by atoms with Crippen LogP contribution in [-0.4, -0.2) is 31.3 Å². The molecule has 0 saturated carbocycles. The molecule has 0 unspecified atom stereocenters. The van der Waals surface area contributed by atoms with Crippen LogP contribution in [0.15, 0.2) is 0 Å². The lowest BCUT2D eigenvalue weighted by Gasteiger charge is -2.09. The van der Waals surface area contributed by atoms with Crippen LogP contribution in [0.5, 0.6) is 0 Å². The predicted molar refractivity (Wildman–Crippen MR) is 53.5 cm³/mol. The Hall–Kier alpha value is -0.620. The highest BCUT2D eigenvalue weighted by Crippen LogP contribution is 1.98. The van der Waals surface area contributed by atoms with Gasteiger partial charge in [0, 0.05) is 0 Å². The quantitative estimate of drug-likeness (QED) is 0.618. The number of nitrogens with one attached hydrogen (secondary N) is 1. The van der Waals surface area contributed by atoms with E-state index >= 15 is 0 Å². The Bertz CT molecular complexity index is 273. The van der Waals surface area contributed by atoms with Crippen molar-refractivity contribution in [3.8, 4) is 0 Å². The maximum atomic E-state index is 11.2. The molecular formula is C8H17NO4S. The molecule has 1 atom stereocenters. The standard InChI is InChI=1S/C8H17NO4S/c1-3-4-5-6-14(12,13)9-7(2)8(10)11/h7,9H,3-6H2,1-2H3,(H,10,11)/t7-/m0/s1. The fraction of sp³-hybridized carbons (Fsp3) is 0.875. The van der Waals surface area contributed by atoms with Crippen LogP contribution in [0.1, 0.15) is 33.1 Å². The van der Waals surface area contributed by atoms with Gasteiger partial charge in [-0.2, -0.15) is 0 Å². The fourth-order valence-corrected chi connectivity index (χ4v) is 2.26. The molecule has 84 valence electrons. The monoisotopic (exact) mass is 223 g/mol. The van der Waals surface area contributed by atoms with E-state index in [2.05, 4.69) is 4.72 Å². The van der Waals surface area contributed by atoms with Crippen molar-refractivity contribution < 1.29 is 18.3 Å². The number of carboxylic acids is 1. The molecule has 0 rings (SSSR count). The van der Waals surface area contributed by atoms with E-state index < -0.39 is 22.0 Å². The molecule has 0 saturated heterocycles. The van der Waals surface area contributed by atoms with Crippen LogP contribution in [0, 0.1) is 0 Å². The number of sulfonamides is 1. The van der Waals surface area contributed by atoms with Crippen LogP contribution >= 0.6 is 0 Å². The normalized spacial score (nSPS) is 13.9. The molecule has 5 nitrogen and oxygen atoms in total. The van der Waals surface area contributed by atoms with E-state index in [0.29, 0.717) is 6.42 Å². The number of hydrogen-bond acceptors (Lipinski definition) is 3. The Morgan fingerprint density at radius 3 is 2.43 bits per heavy atom. The average molecular weight is 223 g/mol. The first kappa shape index (κ1) is 13.4. The summed E-state index contributed by atoms with van der Waals surface area (Å²) in [5.74, 6) is -1.16. The van der Waals surface area contributed by atoms with Crippen LogP contribution in [0.3, 0.4) is 0 Å². The molecule has 0 aromatic carbocycles. The molecule has 0 aromatic heterocycles. The highest BCUT2D eigenvalue weighted by Gasteiger charge is 2.18. The molecule has 0 bridgehead atoms. The number of unbranched alkanes of at least 4 members (excludes halogenated alkanes) is 2. The van der Waals surface area contributed by atoms with E-state index in [-0.39, 0.29) is 5.75 Å². The molecule has 0 fully saturated rings.